The summed E-state index contributed by atoms with van der Waals surface area (Å²) in [6.45, 7) is 4.04. The van der Waals surface area contributed by atoms with Crippen LogP contribution in [-0.2, 0) is 18.3 Å². The van der Waals surface area contributed by atoms with Gasteiger partial charge in [0.2, 0.25) is 0 Å². The van der Waals surface area contributed by atoms with Crippen LogP contribution in [0.25, 0.3) is 0 Å². The molecule has 0 spiro atoms. The van der Waals surface area contributed by atoms with Crippen LogP contribution in [0, 0.1) is 13.8 Å². The second kappa shape index (κ2) is 5.50. The third kappa shape index (κ3) is 4.35. The Morgan fingerprint density at radius 3 is 2.47 bits per heavy atom. The lowest BCUT2D eigenvalue weighted by molar-refractivity contribution is -0.323. The summed E-state index contributed by atoms with van der Waals surface area (Å²) in [7, 11) is 1.83. The van der Waals surface area contributed by atoms with Crippen LogP contribution in [0.1, 0.15) is 17.0 Å². The van der Waals surface area contributed by atoms with Crippen molar-refractivity contribution >= 4 is 0 Å². The molecule has 0 amide bonds. The van der Waals surface area contributed by atoms with Crippen LogP contribution >= 0.6 is 0 Å². The Balaban J connectivity index is 2.32. The van der Waals surface area contributed by atoms with Crippen molar-refractivity contribution in [2.24, 2.45) is 7.05 Å². The largest absolute Gasteiger partial charge is 0.522 e. The molecular weight excluding hydrogens is 235 g/mol. The number of aryl methyl sites for hydroxylation is 2. The van der Waals surface area contributed by atoms with Crippen LogP contribution in [-0.4, -0.2) is 29.3 Å². The summed E-state index contributed by atoms with van der Waals surface area (Å²) in [5.41, 5.74) is 2.90. The predicted molar refractivity (Wildman–Crippen MR) is 56.4 cm³/mol. The van der Waals surface area contributed by atoms with Gasteiger partial charge in [0.1, 0.15) is 0 Å². The molecule has 1 N–H and O–H groups in total. The highest BCUT2D eigenvalue weighted by molar-refractivity contribution is 5.23. The minimum absolute atomic E-state index is 0.146. The van der Waals surface area contributed by atoms with Gasteiger partial charge in [0.05, 0.1) is 12.3 Å². The van der Waals surface area contributed by atoms with E-state index in [4.69, 9.17) is 0 Å². The summed E-state index contributed by atoms with van der Waals surface area (Å²) in [6, 6.07) is 0. The monoisotopic (exact) mass is 251 g/mol. The van der Waals surface area contributed by atoms with E-state index in [-0.39, 0.29) is 13.2 Å². The fraction of sp³-hybridized carbons (Fsp3) is 0.700. The zero-order valence-corrected chi connectivity index (χ0v) is 10.1. The zero-order chi connectivity index (χ0) is 13.1. The van der Waals surface area contributed by atoms with E-state index in [0.29, 0.717) is 6.54 Å². The second-order valence-corrected chi connectivity index (χ2v) is 3.74. The second-order valence-electron chi connectivity index (χ2n) is 3.74. The topological polar surface area (TPSA) is 39.1 Å². The van der Waals surface area contributed by atoms with Crippen LogP contribution in [0.15, 0.2) is 0 Å². The van der Waals surface area contributed by atoms with Crippen molar-refractivity contribution in [3.05, 3.63) is 17.0 Å². The SMILES string of the molecule is Cc1nn(C)c(C)c1CNCCOC(F)(F)F. The molecule has 0 aliphatic carbocycles. The number of nitrogens with one attached hydrogen (secondary N) is 1. The van der Waals surface area contributed by atoms with Crippen molar-refractivity contribution in [1.29, 1.82) is 0 Å². The molecule has 0 radical (unpaired) electrons. The van der Waals surface area contributed by atoms with E-state index in [1.807, 2.05) is 20.9 Å². The Labute approximate surface area is 97.8 Å². The highest BCUT2D eigenvalue weighted by Gasteiger charge is 2.28. The molecule has 17 heavy (non-hydrogen) atoms. The standard InChI is InChI=1S/C10H16F3N3O/c1-7-9(8(2)16(3)15-7)6-14-4-5-17-10(11,12)13/h14H,4-6H2,1-3H3. The van der Waals surface area contributed by atoms with E-state index in [1.54, 1.807) is 4.68 Å². The Kier molecular flexibility index (Phi) is 4.53. The minimum Gasteiger partial charge on any atom is -0.310 e. The Morgan fingerprint density at radius 2 is 2.00 bits per heavy atom. The molecule has 1 rings (SSSR count). The maximum absolute atomic E-state index is 11.7. The summed E-state index contributed by atoms with van der Waals surface area (Å²) in [6.07, 6.45) is -4.55. The quantitative estimate of drug-likeness (QED) is 0.809. The van der Waals surface area contributed by atoms with Gasteiger partial charge in [-0.2, -0.15) is 5.10 Å². The first-order chi connectivity index (χ1) is 7.81. The summed E-state index contributed by atoms with van der Waals surface area (Å²) in [5, 5.41) is 7.11. The average Bonchev–Trinajstić information content (AvgIpc) is 2.42. The Hall–Kier alpha value is -1.08. The number of hydrogen-bond donors (Lipinski definition) is 1. The molecule has 4 nitrogen and oxygen atoms in total. The fourth-order valence-electron chi connectivity index (χ4n) is 1.53. The molecule has 0 aromatic carbocycles. The van der Waals surface area contributed by atoms with E-state index < -0.39 is 6.36 Å². The highest BCUT2D eigenvalue weighted by atomic mass is 19.4. The number of nitrogens with zero attached hydrogens (tertiary/aromatic N) is 2. The third-order valence-electron chi connectivity index (χ3n) is 2.51. The van der Waals surface area contributed by atoms with Gasteiger partial charge in [-0.25, -0.2) is 0 Å². The molecule has 1 aromatic heterocycles. The third-order valence-corrected chi connectivity index (χ3v) is 2.51. The summed E-state index contributed by atoms with van der Waals surface area (Å²) < 4.78 is 40.4. The first-order valence-electron chi connectivity index (χ1n) is 5.21. The lowest BCUT2D eigenvalue weighted by Crippen LogP contribution is -2.24. The van der Waals surface area contributed by atoms with Gasteiger partial charge in [-0.3, -0.25) is 9.42 Å². The normalized spacial score (nSPS) is 12.1. The smallest absolute Gasteiger partial charge is 0.310 e. The number of hydrogen-bond acceptors (Lipinski definition) is 3. The van der Waals surface area contributed by atoms with Crippen molar-refractivity contribution < 1.29 is 17.9 Å². The van der Waals surface area contributed by atoms with Gasteiger partial charge in [-0.05, 0) is 13.8 Å². The molecule has 0 aliphatic heterocycles. The number of rotatable bonds is 5. The number of aromatic nitrogens is 2. The first-order valence-corrected chi connectivity index (χ1v) is 5.21. The van der Waals surface area contributed by atoms with E-state index in [2.05, 4.69) is 15.2 Å². The Bertz CT molecular complexity index is 374. The van der Waals surface area contributed by atoms with Crippen LogP contribution in [0.2, 0.25) is 0 Å². The van der Waals surface area contributed by atoms with Gasteiger partial charge >= 0.3 is 6.36 Å². The molecule has 0 aliphatic rings. The number of ether oxygens (including phenoxy) is 1. The molecule has 0 bridgehead atoms. The van der Waals surface area contributed by atoms with Crippen molar-refractivity contribution in [3.63, 3.8) is 0 Å². The maximum atomic E-state index is 11.7. The van der Waals surface area contributed by atoms with Crippen molar-refractivity contribution in [1.82, 2.24) is 15.1 Å². The molecule has 1 heterocycles. The molecule has 0 saturated heterocycles. The molecule has 1 aromatic rings. The molecule has 0 saturated carbocycles. The van der Waals surface area contributed by atoms with E-state index in [0.717, 1.165) is 17.0 Å². The van der Waals surface area contributed by atoms with Gasteiger partial charge in [0.25, 0.3) is 0 Å². The van der Waals surface area contributed by atoms with Gasteiger partial charge in [0, 0.05) is 31.4 Å². The molecular formula is C10H16F3N3O. The summed E-state index contributed by atoms with van der Waals surface area (Å²) in [5.74, 6) is 0. The van der Waals surface area contributed by atoms with E-state index in [9.17, 15) is 13.2 Å². The lowest BCUT2D eigenvalue weighted by atomic mass is 10.2. The van der Waals surface area contributed by atoms with Crippen LogP contribution in [0.4, 0.5) is 13.2 Å². The van der Waals surface area contributed by atoms with Gasteiger partial charge in [-0.15, -0.1) is 13.2 Å². The molecule has 7 heteroatoms. The lowest BCUT2D eigenvalue weighted by Gasteiger charge is -2.08. The minimum atomic E-state index is -4.55. The summed E-state index contributed by atoms with van der Waals surface area (Å²) >= 11 is 0. The van der Waals surface area contributed by atoms with Crippen LogP contribution in [0.3, 0.4) is 0 Å². The van der Waals surface area contributed by atoms with Crippen LogP contribution < -0.4 is 5.32 Å². The number of alkyl halides is 3. The first kappa shape index (κ1) is 14.0. The average molecular weight is 251 g/mol. The van der Waals surface area contributed by atoms with Crippen molar-refractivity contribution in [2.45, 2.75) is 26.8 Å². The predicted octanol–water partition coefficient (Wildman–Crippen LogP) is 1.66. The van der Waals surface area contributed by atoms with Gasteiger partial charge < -0.3 is 5.32 Å². The molecule has 0 fully saturated rings. The highest BCUT2D eigenvalue weighted by Crippen LogP contribution is 2.15. The molecule has 98 valence electrons. The van der Waals surface area contributed by atoms with Crippen molar-refractivity contribution in [2.75, 3.05) is 13.2 Å². The number of halogens is 3. The maximum Gasteiger partial charge on any atom is 0.522 e. The molecule has 0 unspecified atom stereocenters. The fourth-order valence-corrected chi connectivity index (χ4v) is 1.53. The Morgan fingerprint density at radius 1 is 1.35 bits per heavy atom. The van der Waals surface area contributed by atoms with Gasteiger partial charge in [-0.1, -0.05) is 0 Å². The zero-order valence-electron chi connectivity index (χ0n) is 10.1. The van der Waals surface area contributed by atoms with Gasteiger partial charge in [0.15, 0.2) is 0 Å². The van der Waals surface area contributed by atoms with Crippen LogP contribution in [0.5, 0.6) is 0 Å². The van der Waals surface area contributed by atoms with E-state index >= 15 is 0 Å². The van der Waals surface area contributed by atoms with E-state index in [1.165, 1.54) is 0 Å². The summed E-state index contributed by atoms with van der Waals surface area (Å²) in [4.78, 5) is 0. The van der Waals surface area contributed by atoms with Crippen molar-refractivity contribution in [3.8, 4) is 0 Å². The molecule has 0 atom stereocenters.